The highest BCUT2D eigenvalue weighted by Gasteiger charge is 2.11. The minimum atomic E-state index is -0.324. The van der Waals surface area contributed by atoms with Crippen molar-refractivity contribution < 1.29 is 4.79 Å². The standard InChI is InChI=1S/C9H7ClN4OS/c1-5-4-6(2-3-11-5)12-7(15)8-13-14-9(10)16-8/h2-4H,1H3,(H,11,12,15). The zero-order valence-electron chi connectivity index (χ0n) is 8.27. The van der Waals surface area contributed by atoms with Crippen molar-refractivity contribution in [3.8, 4) is 0 Å². The van der Waals surface area contributed by atoms with Gasteiger partial charge in [0.1, 0.15) is 0 Å². The van der Waals surface area contributed by atoms with Crippen LogP contribution in [0.3, 0.4) is 0 Å². The molecule has 2 rings (SSSR count). The van der Waals surface area contributed by atoms with Gasteiger partial charge in [0.05, 0.1) is 0 Å². The molecule has 1 N–H and O–H groups in total. The zero-order chi connectivity index (χ0) is 11.5. The van der Waals surface area contributed by atoms with Crippen LogP contribution in [0.5, 0.6) is 0 Å². The Hall–Kier alpha value is -1.53. The van der Waals surface area contributed by atoms with E-state index in [2.05, 4.69) is 20.5 Å². The highest BCUT2D eigenvalue weighted by molar-refractivity contribution is 7.17. The molecule has 0 bridgehead atoms. The monoisotopic (exact) mass is 254 g/mol. The van der Waals surface area contributed by atoms with Gasteiger partial charge in [-0.15, -0.1) is 10.2 Å². The molecule has 0 radical (unpaired) electrons. The Labute approximate surface area is 101 Å². The van der Waals surface area contributed by atoms with Crippen molar-refractivity contribution >= 4 is 34.5 Å². The van der Waals surface area contributed by atoms with Gasteiger partial charge in [0.15, 0.2) is 0 Å². The number of amides is 1. The molecule has 0 unspecified atom stereocenters. The van der Waals surface area contributed by atoms with E-state index in [1.54, 1.807) is 18.3 Å². The third-order valence-electron chi connectivity index (χ3n) is 1.75. The van der Waals surface area contributed by atoms with E-state index in [9.17, 15) is 4.79 Å². The molecular formula is C9H7ClN4OS. The van der Waals surface area contributed by atoms with E-state index in [-0.39, 0.29) is 15.4 Å². The summed E-state index contributed by atoms with van der Waals surface area (Å²) in [5.74, 6) is -0.324. The normalized spacial score (nSPS) is 10.1. The second kappa shape index (κ2) is 4.54. The average Bonchev–Trinajstić information content (AvgIpc) is 2.65. The van der Waals surface area contributed by atoms with Crippen molar-refractivity contribution in [2.24, 2.45) is 0 Å². The summed E-state index contributed by atoms with van der Waals surface area (Å²) in [6.45, 7) is 1.84. The molecule has 0 spiro atoms. The van der Waals surface area contributed by atoms with E-state index >= 15 is 0 Å². The van der Waals surface area contributed by atoms with Gasteiger partial charge >= 0.3 is 0 Å². The molecule has 16 heavy (non-hydrogen) atoms. The lowest BCUT2D eigenvalue weighted by molar-refractivity contribution is 0.102. The number of hydrogen-bond donors (Lipinski definition) is 1. The smallest absolute Gasteiger partial charge is 0.286 e. The van der Waals surface area contributed by atoms with Crippen molar-refractivity contribution in [3.05, 3.63) is 33.5 Å². The number of anilines is 1. The zero-order valence-corrected chi connectivity index (χ0v) is 9.84. The molecule has 1 amide bonds. The fourth-order valence-corrected chi connectivity index (χ4v) is 1.83. The van der Waals surface area contributed by atoms with Crippen LogP contribution in [0.15, 0.2) is 18.3 Å². The average molecular weight is 255 g/mol. The Bertz CT molecular complexity index is 528. The van der Waals surface area contributed by atoms with Crippen LogP contribution >= 0.6 is 22.9 Å². The van der Waals surface area contributed by atoms with E-state index in [1.165, 1.54) is 0 Å². The number of rotatable bonds is 2. The van der Waals surface area contributed by atoms with Crippen LogP contribution in [0.25, 0.3) is 0 Å². The lowest BCUT2D eigenvalue weighted by Gasteiger charge is -2.02. The molecule has 5 nitrogen and oxygen atoms in total. The third-order valence-corrected chi connectivity index (χ3v) is 2.77. The summed E-state index contributed by atoms with van der Waals surface area (Å²) in [6.07, 6.45) is 1.62. The fraction of sp³-hybridized carbons (Fsp3) is 0.111. The predicted octanol–water partition coefficient (Wildman–Crippen LogP) is 2.15. The number of aryl methyl sites for hydroxylation is 1. The molecule has 0 atom stereocenters. The molecular weight excluding hydrogens is 248 g/mol. The summed E-state index contributed by atoms with van der Waals surface area (Å²) in [4.78, 5) is 15.7. The number of aromatic nitrogens is 3. The Balaban J connectivity index is 2.13. The molecule has 0 aliphatic heterocycles. The van der Waals surface area contributed by atoms with Gasteiger partial charge in [-0.05, 0) is 30.7 Å². The van der Waals surface area contributed by atoms with E-state index in [1.807, 2.05) is 6.92 Å². The molecule has 0 saturated carbocycles. The largest absolute Gasteiger partial charge is 0.320 e. The first-order valence-electron chi connectivity index (χ1n) is 4.38. The Kier molecular flexibility index (Phi) is 3.12. The maximum atomic E-state index is 11.7. The van der Waals surface area contributed by atoms with Crippen molar-refractivity contribution in [1.29, 1.82) is 0 Å². The first-order valence-corrected chi connectivity index (χ1v) is 5.57. The molecule has 2 aromatic rings. The molecule has 0 fully saturated rings. The maximum absolute atomic E-state index is 11.7. The van der Waals surface area contributed by atoms with Crippen LogP contribution in [-0.2, 0) is 0 Å². The number of halogens is 1. The second-order valence-corrected chi connectivity index (χ2v) is 4.56. The minimum Gasteiger partial charge on any atom is -0.320 e. The Morgan fingerprint density at radius 3 is 2.94 bits per heavy atom. The van der Waals surface area contributed by atoms with E-state index in [0.717, 1.165) is 17.0 Å². The molecule has 0 aliphatic carbocycles. The van der Waals surface area contributed by atoms with Gasteiger partial charge in [-0.3, -0.25) is 9.78 Å². The van der Waals surface area contributed by atoms with Gasteiger partial charge in [-0.2, -0.15) is 0 Å². The fourth-order valence-electron chi connectivity index (χ4n) is 1.10. The summed E-state index contributed by atoms with van der Waals surface area (Å²) in [7, 11) is 0. The number of pyridine rings is 1. The molecule has 0 aliphatic rings. The second-order valence-electron chi connectivity index (χ2n) is 3.00. The first-order chi connectivity index (χ1) is 7.65. The van der Waals surface area contributed by atoms with Gasteiger partial charge in [0.25, 0.3) is 5.91 Å². The van der Waals surface area contributed by atoms with Crippen LogP contribution in [0.4, 0.5) is 5.69 Å². The summed E-state index contributed by atoms with van der Waals surface area (Å²) in [6, 6.07) is 3.47. The topological polar surface area (TPSA) is 67.8 Å². The lowest BCUT2D eigenvalue weighted by atomic mass is 10.3. The minimum absolute atomic E-state index is 0.236. The van der Waals surface area contributed by atoms with Crippen molar-refractivity contribution in [2.75, 3.05) is 5.32 Å². The molecule has 0 saturated heterocycles. The van der Waals surface area contributed by atoms with Crippen molar-refractivity contribution in [3.63, 3.8) is 0 Å². The Morgan fingerprint density at radius 2 is 2.31 bits per heavy atom. The van der Waals surface area contributed by atoms with Crippen LogP contribution in [0.2, 0.25) is 4.47 Å². The van der Waals surface area contributed by atoms with Gasteiger partial charge < -0.3 is 5.32 Å². The summed E-state index contributed by atoms with van der Waals surface area (Å²) in [5, 5.41) is 10.1. The van der Waals surface area contributed by atoms with Crippen LogP contribution in [-0.4, -0.2) is 21.1 Å². The van der Waals surface area contributed by atoms with E-state index < -0.39 is 0 Å². The van der Waals surface area contributed by atoms with Gasteiger partial charge in [-0.1, -0.05) is 11.3 Å². The third kappa shape index (κ3) is 2.53. The van der Waals surface area contributed by atoms with Gasteiger partial charge in [0.2, 0.25) is 9.47 Å². The van der Waals surface area contributed by atoms with Crippen LogP contribution in [0.1, 0.15) is 15.5 Å². The molecule has 0 aromatic carbocycles. The number of carbonyl (C=O) groups is 1. The highest BCUT2D eigenvalue weighted by atomic mass is 35.5. The number of carbonyl (C=O) groups excluding carboxylic acids is 1. The summed E-state index contributed by atoms with van der Waals surface area (Å²) < 4.78 is 0.246. The van der Waals surface area contributed by atoms with Crippen molar-refractivity contribution in [2.45, 2.75) is 6.92 Å². The number of hydrogen-bond acceptors (Lipinski definition) is 5. The molecule has 7 heteroatoms. The van der Waals surface area contributed by atoms with Crippen LogP contribution < -0.4 is 5.32 Å². The quantitative estimate of drug-likeness (QED) is 0.892. The Morgan fingerprint density at radius 1 is 1.50 bits per heavy atom. The SMILES string of the molecule is Cc1cc(NC(=O)c2nnc(Cl)s2)ccn1. The first kappa shape index (κ1) is 11.0. The molecule has 2 aromatic heterocycles. The summed E-state index contributed by atoms with van der Waals surface area (Å²) in [5.41, 5.74) is 1.50. The highest BCUT2D eigenvalue weighted by Crippen LogP contribution is 2.16. The van der Waals surface area contributed by atoms with E-state index in [0.29, 0.717) is 5.69 Å². The maximum Gasteiger partial charge on any atom is 0.286 e. The van der Waals surface area contributed by atoms with Crippen LogP contribution in [0, 0.1) is 6.92 Å². The van der Waals surface area contributed by atoms with Gasteiger partial charge in [0, 0.05) is 17.6 Å². The summed E-state index contributed by atoms with van der Waals surface area (Å²) >= 11 is 6.62. The molecule has 2 heterocycles. The van der Waals surface area contributed by atoms with Gasteiger partial charge in [-0.25, -0.2) is 0 Å². The molecule has 82 valence electrons. The van der Waals surface area contributed by atoms with Crippen molar-refractivity contribution in [1.82, 2.24) is 15.2 Å². The lowest BCUT2D eigenvalue weighted by Crippen LogP contribution is -2.11. The number of nitrogens with zero attached hydrogens (tertiary/aromatic N) is 3. The predicted molar refractivity (Wildman–Crippen MR) is 61.8 cm³/mol. The number of nitrogens with one attached hydrogen (secondary N) is 1. The van der Waals surface area contributed by atoms with E-state index in [4.69, 9.17) is 11.6 Å².